The molecule has 0 unspecified atom stereocenters. The first-order valence-corrected chi connectivity index (χ1v) is 6.89. The summed E-state index contributed by atoms with van der Waals surface area (Å²) in [5.41, 5.74) is 1.80. The van der Waals surface area contributed by atoms with E-state index in [1.807, 2.05) is 38.1 Å². The molecule has 108 valence electrons. The summed E-state index contributed by atoms with van der Waals surface area (Å²) in [5.74, 6) is 0.453. The van der Waals surface area contributed by atoms with Gasteiger partial charge in [0.2, 0.25) is 5.95 Å². The summed E-state index contributed by atoms with van der Waals surface area (Å²) in [6.45, 7) is 3.93. The SMILES string of the molecule is CC1(C)CC(=O)C(/C=N/c2nc3ccccc3[nH]2)=C(O)C1. The maximum absolute atomic E-state index is 12.1. The summed E-state index contributed by atoms with van der Waals surface area (Å²) in [5, 5.41) is 10.0. The molecule has 0 saturated carbocycles. The third-order valence-corrected chi connectivity index (χ3v) is 3.59. The number of carbonyl (C=O) groups excluding carboxylic acids is 1. The Morgan fingerprint density at radius 2 is 2.10 bits per heavy atom. The molecule has 1 heterocycles. The molecular formula is C16H17N3O2. The van der Waals surface area contributed by atoms with Gasteiger partial charge in [0.25, 0.3) is 0 Å². The van der Waals surface area contributed by atoms with E-state index in [1.165, 1.54) is 6.21 Å². The molecule has 1 aromatic heterocycles. The standard InChI is InChI=1S/C16H17N3O2/c1-16(2)7-13(20)10(14(21)8-16)9-17-15-18-11-5-3-4-6-12(11)19-15/h3-6,9,20H,7-8H2,1-2H3,(H,18,19)/b17-9+. The second-order valence-electron chi connectivity index (χ2n) is 6.14. The van der Waals surface area contributed by atoms with Crippen molar-refractivity contribution in [1.82, 2.24) is 9.97 Å². The predicted octanol–water partition coefficient (Wildman–Crippen LogP) is 3.47. The van der Waals surface area contributed by atoms with Crippen LogP contribution in [-0.4, -0.2) is 27.1 Å². The van der Waals surface area contributed by atoms with Gasteiger partial charge in [-0.25, -0.2) is 9.98 Å². The maximum atomic E-state index is 12.1. The van der Waals surface area contributed by atoms with Crippen molar-refractivity contribution < 1.29 is 9.90 Å². The van der Waals surface area contributed by atoms with E-state index in [1.54, 1.807) is 0 Å². The smallest absolute Gasteiger partial charge is 0.227 e. The fourth-order valence-electron chi connectivity index (χ4n) is 2.57. The lowest BCUT2D eigenvalue weighted by molar-refractivity contribution is -0.117. The average molecular weight is 283 g/mol. The van der Waals surface area contributed by atoms with Gasteiger partial charge in [0.15, 0.2) is 5.78 Å². The van der Waals surface area contributed by atoms with Crippen molar-refractivity contribution >= 4 is 29.0 Å². The normalized spacial score (nSPS) is 18.9. The number of para-hydroxylation sites is 2. The van der Waals surface area contributed by atoms with Gasteiger partial charge in [-0.05, 0) is 17.5 Å². The van der Waals surface area contributed by atoms with E-state index < -0.39 is 0 Å². The average Bonchev–Trinajstić information content (AvgIpc) is 2.78. The number of aliphatic hydroxyl groups excluding tert-OH is 1. The molecule has 0 aliphatic heterocycles. The van der Waals surface area contributed by atoms with Crippen LogP contribution in [0.15, 0.2) is 40.6 Å². The quantitative estimate of drug-likeness (QED) is 0.828. The van der Waals surface area contributed by atoms with Crippen LogP contribution in [0.4, 0.5) is 5.95 Å². The molecular weight excluding hydrogens is 266 g/mol. The molecule has 0 bridgehead atoms. The van der Waals surface area contributed by atoms with Gasteiger partial charge >= 0.3 is 0 Å². The zero-order chi connectivity index (χ0) is 15.0. The van der Waals surface area contributed by atoms with Crippen molar-refractivity contribution in [2.24, 2.45) is 10.4 Å². The topological polar surface area (TPSA) is 78.3 Å². The Balaban J connectivity index is 1.90. The van der Waals surface area contributed by atoms with Crippen LogP contribution in [-0.2, 0) is 4.79 Å². The fourth-order valence-corrected chi connectivity index (χ4v) is 2.57. The fraction of sp³-hybridized carbons (Fsp3) is 0.312. The molecule has 3 rings (SSSR count). The lowest BCUT2D eigenvalue weighted by atomic mass is 9.77. The summed E-state index contributed by atoms with van der Waals surface area (Å²) >= 11 is 0. The lowest BCUT2D eigenvalue weighted by Crippen LogP contribution is -2.26. The molecule has 0 radical (unpaired) electrons. The molecule has 1 aliphatic rings. The van der Waals surface area contributed by atoms with E-state index in [-0.39, 0.29) is 22.5 Å². The molecule has 0 amide bonds. The van der Waals surface area contributed by atoms with Gasteiger partial charge in [-0.3, -0.25) is 4.79 Å². The monoisotopic (exact) mass is 283 g/mol. The van der Waals surface area contributed by atoms with E-state index in [4.69, 9.17) is 0 Å². The van der Waals surface area contributed by atoms with E-state index in [2.05, 4.69) is 15.0 Å². The summed E-state index contributed by atoms with van der Waals surface area (Å²) < 4.78 is 0. The number of aromatic nitrogens is 2. The second-order valence-corrected chi connectivity index (χ2v) is 6.14. The molecule has 5 nitrogen and oxygen atoms in total. The largest absolute Gasteiger partial charge is 0.511 e. The van der Waals surface area contributed by atoms with Gasteiger partial charge in [0, 0.05) is 19.1 Å². The summed E-state index contributed by atoms with van der Waals surface area (Å²) in [7, 11) is 0. The number of allylic oxidation sites excluding steroid dienone is 2. The first kappa shape index (κ1) is 13.5. The minimum atomic E-state index is -0.197. The van der Waals surface area contributed by atoms with E-state index in [0.717, 1.165) is 11.0 Å². The molecule has 5 heteroatoms. The number of aliphatic imine (C=N–C) groups is 1. The molecule has 21 heavy (non-hydrogen) atoms. The Labute approximate surface area is 122 Å². The number of ketones is 1. The predicted molar refractivity (Wildman–Crippen MR) is 81.9 cm³/mol. The summed E-state index contributed by atoms with van der Waals surface area (Å²) in [6.07, 6.45) is 2.31. The van der Waals surface area contributed by atoms with Crippen LogP contribution in [0.2, 0.25) is 0 Å². The van der Waals surface area contributed by atoms with Crippen LogP contribution in [0, 0.1) is 5.41 Å². The van der Waals surface area contributed by atoms with E-state index in [9.17, 15) is 9.90 Å². The van der Waals surface area contributed by atoms with Crippen molar-refractivity contribution in [3.8, 4) is 0 Å². The molecule has 0 atom stereocenters. The molecule has 2 N–H and O–H groups in total. The minimum absolute atomic E-state index is 0.0800. The second kappa shape index (κ2) is 4.84. The Hall–Kier alpha value is -2.43. The number of nitrogens with one attached hydrogen (secondary N) is 1. The number of aliphatic hydroxyl groups is 1. The van der Waals surface area contributed by atoms with Crippen molar-refractivity contribution in [3.05, 3.63) is 35.6 Å². The number of rotatable bonds is 2. The van der Waals surface area contributed by atoms with Gasteiger partial charge in [-0.2, -0.15) is 0 Å². The molecule has 1 aliphatic carbocycles. The molecule has 2 aromatic rings. The van der Waals surface area contributed by atoms with E-state index >= 15 is 0 Å². The number of Topliss-reactive ketones (excluding diaryl/α,β-unsaturated/α-hetero) is 1. The third kappa shape index (κ3) is 2.72. The Kier molecular flexibility index (Phi) is 3.12. The number of hydrogen-bond acceptors (Lipinski definition) is 4. The van der Waals surface area contributed by atoms with Crippen LogP contribution in [0.3, 0.4) is 0 Å². The number of fused-ring (bicyclic) bond motifs is 1. The summed E-state index contributed by atoms with van der Waals surface area (Å²) in [6, 6.07) is 7.61. The van der Waals surface area contributed by atoms with Gasteiger partial charge in [-0.15, -0.1) is 0 Å². The number of imidazole rings is 1. The Morgan fingerprint density at radius 1 is 1.33 bits per heavy atom. The number of H-pyrrole nitrogens is 1. The van der Waals surface area contributed by atoms with Crippen LogP contribution in [0.1, 0.15) is 26.7 Å². The van der Waals surface area contributed by atoms with Crippen LogP contribution < -0.4 is 0 Å². The highest BCUT2D eigenvalue weighted by molar-refractivity contribution is 6.14. The highest BCUT2D eigenvalue weighted by Crippen LogP contribution is 2.35. The first-order chi connectivity index (χ1) is 9.94. The number of benzene rings is 1. The van der Waals surface area contributed by atoms with Crippen molar-refractivity contribution in [3.63, 3.8) is 0 Å². The van der Waals surface area contributed by atoms with Crippen LogP contribution in [0.5, 0.6) is 0 Å². The van der Waals surface area contributed by atoms with E-state index in [0.29, 0.717) is 18.8 Å². The van der Waals surface area contributed by atoms with Crippen molar-refractivity contribution in [1.29, 1.82) is 0 Å². The zero-order valence-electron chi connectivity index (χ0n) is 12.1. The molecule has 0 spiro atoms. The van der Waals surface area contributed by atoms with Gasteiger partial charge in [-0.1, -0.05) is 26.0 Å². The zero-order valence-corrected chi connectivity index (χ0v) is 12.1. The van der Waals surface area contributed by atoms with Crippen LogP contribution >= 0.6 is 0 Å². The first-order valence-electron chi connectivity index (χ1n) is 6.89. The number of nitrogens with zero attached hydrogens (tertiary/aromatic N) is 2. The van der Waals surface area contributed by atoms with Gasteiger partial charge < -0.3 is 10.1 Å². The highest BCUT2D eigenvalue weighted by Gasteiger charge is 2.32. The number of hydrogen-bond donors (Lipinski definition) is 2. The number of aromatic amines is 1. The molecule has 0 saturated heterocycles. The maximum Gasteiger partial charge on any atom is 0.227 e. The van der Waals surface area contributed by atoms with Crippen molar-refractivity contribution in [2.75, 3.05) is 0 Å². The number of carbonyl (C=O) groups is 1. The molecule has 1 aromatic carbocycles. The highest BCUT2D eigenvalue weighted by atomic mass is 16.3. The Bertz CT molecular complexity index is 736. The van der Waals surface area contributed by atoms with Crippen LogP contribution in [0.25, 0.3) is 11.0 Å². The minimum Gasteiger partial charge on any atom is -0.511 e. The van der Waals surface area contributed by atoms with Gasteiger partial charge in [0.05, 0.1) is 16.6 Å². The molecule has 0 fully saturated rings. The third-order valence-electron chi connectivity index (χ3n) is 3.59. The Morgan fingerprint density at radius 3 is 2.81 bits per heavy atom. The van der Waals surface area contributed by atoms with Gasteiger partial charge in [0.1, 0.15) is 5.76 Å². The lowest BCUT2D eigenvalue weighted by Gasteiger charge is -2.28. The van der Waals surface area contributed by atoms with Crippen molar-refractivity contribution in [2.45, 2.75) is 26.7 Å². The summed E-state index contributed by atoms with van der Waals surface area (Å²) in [4.78, 5) is 23.6.